The van der Waals surface area contributed by atoms with Crippen LogP contribution in [0.3, 0.4) is 0 Å². The van der Waals surface area contributed by atoms with Crippen LogP contribution in [0.1, 0.15) is 19.8 Å². The van der Waals surface area contributed by atoms with Gasteiger partial charge in [-0.3, -0.25) is 9.59 Å². The molecule has 0 bridgehead atoms. The Hall–Kier alpha value is -1.70. The third-order valence-corrected chi connectivity index (χ3v) is 3.72. The van der Waals surface area contributed by atoms with Crippen molar-refractivity contribution in [1.82, 2.24) is 5.32 Å². The minimum absolute atomic E-state index is 0.184. The first-order chi connectivity index (χ1) is 10.0. The first kappa shape index (κ1) is 15.7. The Kier molecular flexibility index (Phi) is 5.11. The number of carbonyl (C=O) groups excluding carboxylic acids is 2. The van der Waals surface area contributed by atoms with Crippen molar-refractivity contribution in [2.24, 2.45) is 0 Å². The topological polar surface area (TPSA) is 49.4 Å². The second kappa shape index (κ2) is 6.84. The van der Waals surface area contributed by atoms with E-state index in [9.17, 15) is 9.59 Å². The van der Waals surface area contributed by atoms with Gasteiger partial charge in [-0.2, -0.15) is 0 Å². The van der Waals surface area contributed by atoms with Crippen molar-refractivity contribution in [2.45, 2.75) is 25.8 Å². The van der Waals surface area contributed by atoms with Gasteiger partial charge in [-0.05, 0) is 43.9 Å². The molecule has 1 aromatic carbocycles. The molecule has 1 aliphatic heterocycles. The number of halogens is 2. The number of amides is 2. The minimum Gasteiger partial charge on any atom is -0.333 e. The molecule has 1 heterocycles. The second-order valence-corrected chi connectivity index (χ2v) is 5.47. The smallest absolute Gasteiger partial charge is 0.296 e. The van der Waals surface area contributed by atoms with Crippen LogP contribution in [0.2, 0.25) is 10.0 Å². The average molecular weight is 325 g/mol. The molecule has 110 valence electrons. The van der Waals surface area contributed by atoms with Gasteiger partial charge in [0.05, 0.1) is 10.7 Å². The predicted octanol–water partition coefficient (Wildman–Crippen LogP) is 2.63. The molecule has 21 heavy (non-hydrogen) atoms. The van der Waals surface area contributed by atoms with Gasteiger partial charge in [0, 0.05) is 11.6 Å². The number of nitrogens with zero attached hydrogens (tertiary/aromatic N) is 1. The highest BCUT2D eigenvalue weighted by atomic mass is 35.5. The zero-order chi connectivity index (χ0) is 15.4. The monoisotopic (exact) mass is 324 g/mol. The summed E-state index contributed by atoms with van der Waals surface area (Å²) in [6.45, 7) is 2.13. The summed E-state index contributed by atoms with van der Waals surface area (Å²) >= 11 is 12.0. The van der Waals surface area contributed by atoms with Crippen molar-refractivity contribution >= 4 is 40.7 Å². The van der Waals surface area contributed by atoms with Crippen LogP contribution in [0.4, 0.5) is 5.69 Å². The number of hydrogen-bond acceptors (Lipinski definition) is 2. The fraction of sp³-hybridized carbons (Fsp3) is 0.333. The van der Waals surface area contributed by atoms with Gasteiger partial charge in [-0.15, -0.1) is 0 Å². The molecule has 1 fully saturated rings. The number of rotatable bonds is 2. The Bertz CT molecular complexity index is 634. The molecule has 2 rings (SSSR count). The summed E-state index contributed by atoms with van der Waals surface area (Å²) in [4.78, 5) is 25.6. The van der Waals surface area contributed by atoms with Gasteiger partial charge in [0.2, 0.25) is 5.91 Å². The Morgan fingerprint density at radius 1 is 1.43 bits per heavy atom. The van der Waals surface area contributed by atoms with Crippen LogP contribution in [-0.2, 0) is 9.59 Å². The number of anilines is 1. The highest BCUT2D eigenvalue weighted by Gasteiger charge is 2.31. The minimum atomic E-state index is -0.571. The van der Waals surface area contributed by atoms with Crippen LogP contribution >= 0.6 is 23.2 Å². The van der Waals surface area contributed by atoms with Gasteiger partial charge in [0.1, 0.15) is 6.04 Å². The van der Waals surface area contributed by atoms with E-state index in [0.717, 1.165) is 6.42 Å². The van der Waals surface area contributed by atoms with E-state index in [1.54, 1.807) is 30.0 Å². The number of hydrogen-bond donors (Lipinski definition) is 1. The van der Waals surface area contributed by atoms with Crippen LogP contribution in [-0.4, -0.2) is 24.4 Å². The van der Waals surface area contributed by atoms with E-state index in [1.165, 1.54) is 0 Å². The lowest BCUT2D eigenvalue weighted by molar-refractivity contribution is -0.126. The quantitative estimate of drug-likeness (QED) is 0.850. The van der Waals surface area contributed by atoms with E-state index in [1.807, 2.05) is 0 Å². The Labute approximate surface area is 133 Å². The van der Waals surface area contributed by atoms with Crippen molar-refractivity contribution in [1.29, 1.82) is 0 Å². The molecule has 1 aliphatic rings. The van der Waals surface area contributed by atoms with Crippen LogP contribution in [0.5, 0.6) is 0 Å². The molecule has 0 unspecified atom stereocenters. The molecule has 0 aliphatic carbocycles. The standard InChI is InChI=1S/C15H14Cl2N2O2/c1-2-4-14(20)18-12-5-3-8-19(15(12)21)13-7-6-10(16)9-11(13)17/h6-7,9,12H,3,5,8H2,1H3,(H,18,20)/t12-/m0/s1. The molecule has 1 saturated heterocycles. The summed E-state index contributed by atoms with van der Waals surface area (Å²) < 4.78 is 0. The van der Waals surface area contributed by atoms with Gasteiger partial charge >= 0.3 is 0 Å². The van der Waals surface area contributed by atoms with E-state index < -0.39 is 11.9 Å². The van der Waals surface area contributed by atoms with E-state index in [0.29, 0.717) is 28.7 Å². The summed E-state index contributed by atoms with van der Waals surface area (Å²) in [5.41, 5.74) is 0.603. The predicted molar refractivity (Wildman–Crippen MR) is 83.4 cm³/mol. The number of nitrogens with one attached hydrogen (secondary N) is 1. The van der Waals surface area contributed by atoms with E-state index in [4.69, 9.17) is 23.2 Å². The summed E-state index contributed by atoms with van der Waals surface area (Å²) in [7, 11) is 0. The lowest BCUT2D eigenvalue weighted by Gasteiger charge is -2.32. The third-order valence-electron chi connectivity index (χ3n) is 3.18. The van der Waals surface area contributed by atoms with Crippen molar-refractivity contribution in [3.8, 4) is 11.8 Å². The number of benzene rings is 1. The van der Waals surface area contributed by atoms with Crippen LogP contribution in [0.15, 0.2) is 18.2 Å². The van der Waals surface area contributed by atoms with Crippen molar-refractivity contribution in [2.75, 3.05) is 11.4 Å². The second-order valence-electron chi connectivity index (χ2n) is 4.63. The molecule has 0 radical (unpaired) electrons. The summed E-state index contributed by atoms with van der Waals surface area (Å²) in [5.74, 6) is 4.25. The molecule has 2 amide bonds. The highest BCUT2D eigenvalue weighted by molar-refractivity contribution is 6.36. The van der Waals surface area contributed by atoms with Gasteiger partial charge in [-0.25, -0.2) is 0 Å². The Morgan fingerprint density at radius 2 is 2.19 bits per heavy atom. The van der Waals surface area contributed by atoms with E-state index in [-0.39, 0.29) is 5.91 Å². The molecule has 0 saturated carbocycles. The van der Waals surface area contributed by atoms with Gasteiger partial charge in [0.15, 0.2) is 0 Å². The molecular formula is C15H14Cl2N2O2. The molecule has 1 aromatic rings. The molecule has 6 heteroatoms. The van der Waals surface area contributed by atoms with Crippen molar-refractivity contribution < 1.29 is 9.59 Å². The number of carbonyl (C=O) groups is 2. The van der Waals surface area contributed by atoms with Crippen molar-refractivity contribution in [3.05, 3.63) is 28.2 Å². The molecule has 4 nitrogen and oxygen atoms in total. The molecular weight excluding hydrogens is 311 g/mol. The zero-order valence-electron chi connectivity index (χ0n) is 11.5. The Balaban J connectivity index is 2.19. The van der Waals surface area contributed by atoms with Gasteiger partial charge in [-0.1, -0.05) is 29.1 Å². The maximum atomic E-state index is 12.5. The SMILES string of the molecule is CC#CC(=O)N[C@H]1CCCN(c2ccc(Cl)cc2Cl)C1=O. The fourth-order valence-electron chi connectivity index (χ4n) is 2.26. The van der Waals surface area contributed by atoms with Crippen molar-refractivity contribution in [3.63, 3.8) is 0 Å². The maximum Gasteiger partial charge on any atom is 0.296 e. The largest absolute Gasteiger partial charge is 0.333 e. The first-order valence-corrected chi connectivity index (χ1v) is 7.28. The molecule has 1 atom stereocenters. The lowest BCUT2D eigenvalue weighted by atomic mass is 10.0. The lowest BCUT2D eigenvalue weighted by Crippen LogP contribution is -2.52. The molecule has 1 N–H and O–H groups in total. The summed E-state index contributed by atoms with van der Waals surface area (Å²) in [6.07, 6.45) is 1.37. The van der Waals surface area contributed by atoms with Crippen LogP contribution in [0.25, 0.3) is 0 Å². The summed E-state index contributed by atoms with van der Waals surface area (Å²) in [6, 6.07) is 4.41. The average Bonchev–Trinajstić information content (AvgIpc) is 2.42. The highest BCUT2D eigenvalue weighted by Crippen LogP contribution is 2.31. The fourth-order valence-corrected chi connectivity index (χ4v) is 2.77. The number of piperidine rings is 1. The van der Waals surface area contributed by atoms with Crippen LogP contribution in [0, 0.1) is 11.8 Å². The zero-order valence-corrected chi connectivity index (χ0v) is 13.0. The summed E-state index contributed by atoms with van der Waals surface area (Å²) in [5, 5.41) is 3.55. The third kappa shape index (κ3) is 3.69. The Morgan fingerprint density at radius 3 is 2.86 bits per heavy atom. The van der Waals surface area contributed by atoms with E-state index >= 15 is 0 Å². The first-order valence-electron chi connectivity index (χ1n) is 6.52. The normalized spacial score (nSPS) is 18.0. The molecule has 0 aromatic heterocycles. The molecule has 0 spiro atoms. The van der Waals surface area contributed by atoms with Gasteiger partial charge < -0.3 is 10.2 Å². The van der Waals surface area contributed by atoms with Crippen LogP contribution < -0.4 is 10.2 Å². The van der Waals surface area contributed by atoms with E-state index in [2.05, 4.69) is 17.2 Å². The maximum absolute atomic E-state index is 12.5. The van der Waals surface area contributed by atoms with Gasteiger partial charge in [0.25, 0.3) is 5.91 Å².